The van der Waals surface area contributed by atoms with Gasteiger partial charge in [-0.1, -0.05) is 23.7 Å². The molecule has 2 aliphatic rings. The Morgan fingerprint density at radius 1 is 1.17 bits per heavy atom. The highest BCUT2D eigenvalue weighted by Gasteiger charge is 2.34. The number of benzene rings is 2. The van der Waals surface area contributed by atoms with E-state index in [4.69, 9.17) is 21.1 Å². The van der Waals surface area contributed by atoms with E-state index in [1.165, 1.54) is 18.2 Å². The van der Waals surface area contributed by atoms with E-state index >= 15 is 0 Å². The molecule has 9 heteroatoms. The van der Waals surface area contributed by atoms with Gasteiger partial charge >= 0.3 is 0 Å². The summed E-state index contributed by atoms with van der Waals surface area (Å²) in [5.74, 6) is -0.614. The van der Waals surface area contributed by atoms with Gasteiger partial charge in [-0.3, -0.25) is 9.59 Å². The molecule has 30 heavy (non-hydrogen) atoms. The van der Waals surface area contributed by atoms with Gasteiger partial charge in [0.05, 0.1) is 37.7 Å². The molecule has 2 aliphatic heterocycles. The first kappa shape index (κ1) is 20.4. The number of amides is 2. The minimum Gasteiger partial charge on any atom is -0.477 e. The number of carbonyl (C=O) groups is 2. The first-order chi connectivity index (χ1) is 14.5. The van der Waals surface area contributed by atoms with Gasteiger partial charge in [0, 0.05) is 18.1 Å². The molecule has 0 aromatic heterocycles. The van der Waals surface area contributed by atoms with Crippen molar-refractivity contribution in [2.45, 2.75) is 6.10 Å². The van der Waals surface area contributed by atoms with Crippen molar-refractivity contribution in [2.75, 3.05) is 49.6 Å². The van der Waals surface area contributed by atoms with E-state index in [1.807, 2.05) is 12.1 Å². The van der Waals surface area contributed by atoms with E-state index in [2.05, 4.69) is 5.32 Å². The molecule has 0 unspecified atom stereocenters. The third-order valence-corrected chi connectivity index (χ3v) is 5.23. The van der Waals surface area contributed by atoms with Crippen LogP contribution >= 0.6 is 11.6 Å². The summed E-state index contributed by atoms with van der Waals surface area (Å²) in [7, 11) is 0. The lowest BCUT2D eigenvalue weighted by Crippen LogP contribution is -2.53. The molecule has 0 radical (unpaired) electrons. The maximum atomic E-state index is 14.0. The van der Waals surface area contributed by atoms with Crippen molar-refractivity contribution in [1.82, 2.24) is 4.90 Å². The van der Waals surface area contributed by atoms with E-state index in [0.29, 0.717) is 42.8 Å². The molecular weight excluding hydrogens is 413 g/mol. The Morgan fingerprint density at radius 2 is 1.93 bits per heavy atom. The fraction of sp³-hybridized carbons (Fsp3) is 0.333. The zero-order chi connectivity index (χ0) is 21.1. The number of halogens is 2. The fourth-order valence-corrected chi connectivity index (χ4v) is 3.70. The Kier molecular flexibility index (Phi) is 6.06. The second kappa shape index (κ2) is 8.89. The Morgan fingerprint density at radius 3 is 2.73 bits per heavy atom. The van der Waals surface area contributed by atoms with Crippen LogP contribution in [0.4, 0.5) is 15.8 Å². The molecule has 2 aromatic rings. The number of nitrogens with zero attached hydrogens (tertiary/aromatic N) is 2. The average molecular weight is 434 g/mol. The van der Waals surface area contributed by atoms with Crippen LogP contribution in [0.15, 0.2) is 42.5 Å². The van der Waals surface area contributed by atoms with Crippen LogP contribution in [0, 0.1) is 5.82 Å². The molecule has 1 atom stereocenters. The minimum atomic E-state index is -0.742. The number of ether oxygens (including phenoxy) is 2. The van der Waals surface area contributed by atoms with Crippen LogP contribution in [0.5, 0.6) is 5.75 Å². The molecule has 1 N–H and O–H groups in total. The Labute approximate surface area is 178 Å². The lowest BCUT2D eigenvalue weighted by atomic mass is 10.1. The zero-order valence-corrected chi connectivity index (χ0v) is 16.9. The zero-order valence-electron chi connectivity index (χ0n) is 16.1. The summed E-state index contributed by atoms with van der Waals surface area (Å²) in [5.41, 5.74) is 0.709. The van der Waals surface area contributed by atoms with Crippen molar-refractivity contribution in [3.05, 3.63) is 53.3 Å². The monoisotopic (exact) mass is 433 g/mol. The van der Waals surface area contributed by atoms with E-state index in [-0.39, 0.29) is 24.7 Å². The van der Waals surface area contributed by atoms with Gasteiger partial charge in [-0.15, -0.1) is 0 Å². The van der Waals surface area contributed by atoms with Crippen LogP contribution in [-0.4, -0.2) is 62.2 Å². The van der Waals surface area contributed by atoms with Gasteiger partial charge in [-0.05, 0) is 30.3 Å². The van der Waals surface area contributed by atoms with Crippen molar-refractivity contribution in [1.29, 1.82) is 0 Å². The Balaban J connectivity index is 1.50. The Hall–Kier alpha value is -2.84. The van der Waals surface area contributed by atoms with Crippen LogP contribution in [0.25, 0.3) is 0 Å². The van der Waals surface area contributed by atoms with E-state index in [9.17, 15) is 14.0 Å². The number of para-hydroxylation sites is 2. The van der Waals surface area contributed by atoms with Crippen LogP contribution in [0.2, 0.25) is 5.02 Å². The van der Waals surface area contributed by atoms with Crippen LogP contribution in [0.1, 0.15) is 0 Å². The number of rotatable bonds is 4. The topological polar surface area (TPSA) is 71.1 Å². The molecular formula is C21H21ClFN3O4. The number of fused-ring (bicyclic) bond motifs is 1. The molecule has 4 rings (SSSR count). The Bertz CT molecular complexity index is 952. The molecule has 1 saturated heterocycles. The van der Waals surface area contributed by atoms with E-state index in [1.54, 1.807) is 21.9 Å². The molecule has 1 fully saturated rings. The normalized spacial score (nSPS) is 18.4. The largest absolute Gasteiger partial charge is 0.477 e. The van der Waals surface area contributed by atoms with E-state index in [0.717, 1.165) is 0 Å². The summed E-state index contributed by atoms with van der Waals surface area (Å²) < 4.78 is 25.2. The van der Waals surface area contributed by atoms with Gasteiger partial charge < -0.3 is 24.6 Å². The highest BCUT2D eigenvalue weighted by Crippen LogP contribution is 2.33. The molecule has 158 valence electrons. The van der Waals surface area contributed by atoms with Gasteiger partial charge in [0.15, 0.2) is 6.10 Å². The summed E-state index contributed by atoms with van der Waals surface area (Å²) in [4.78, 5) is 29.0. The van der Waals surface area contributed by atoms with Crippen LogP contribution in [0.3, 0.4) is 0 Å². The maximum Gasteiger partial charge on any atom is 0.265 e. The SMILES string of the molecule is O=C(CN1C[C@H](C(=O)N2CCOCC2)Oc2ccccc21)Nc1cc(Cl)ccc1F. The number of nitrogens with one attached hydrogen (secondary N) is 1. The third kappa shape index (κ3) is 4.49. The van der Waals surface area contributed by atoms with Gasteiger partial charge in [0.2, 0.25) is 5.91 Å². The highest BCUT2D eigenvalue weighted by atomic mass is 35.5. The fourth-order valence-electron chi connectivity index (χ4n) is 3.53. The summed E-state index contributed by atoms with van der Waals surface area (Å²) in [5, 5.41) is 2.86. The predicted octanol–water partition coefficient (Wildman–Crippen LogP) is 2.54. The van der Waals surface area contributed by atoms with Gasteiger partial charge in [-0.25, -0.2) is 4.39 Å². The van der Waals surface area contributed by atoms with Gasteiger partial charge in [0.25, 0.3) is 5.91 Å². The first-order valence-corrected chi connectivity index (χ1v) is 10.0. The molecule has 7 nitrogen and oxygen atoms in total. The second-order valence-corrected chi connectivity index (χ2v) is 7.50. The second-order valence-electron chi connectivity index (χ2n) is 7.06. The van der Waals surface area contributed by atoms with Crippen LogP contribution in [-0.2, 0) is 14.3 Å². The van der Waals surface area contributed by atoms with Gasteiger partial charge in [0.1, 0.15) is 11.6 Å². The smallest absolute Gasteiger partial charge is 0.265 e. The molecule has 0 aliphatic carbocycles. The molecule has 2 heterocycles. The number of hydrogen-bond donors (Lipinski definition) is 1. The average Bonchev–Trinajstić information content (AvgIpc) is 2.76. The molecule has 0 saturated carbocycles. The number of hydrogen-bond acceptors (Lipinski definition) is 5. The lowest BCUT2D eigenvalue weighted by Gasteiger charge is -2.38. The number of anilines is 2. The summed E-state index contributed by atoms with van der Waals surface area (Å²) in [6.07, 6.45) is -0.742. The van der Waals surface area contributed by atoms with E-state index < -0.39 is 17.8 Å². The summed E-state index contributed by atoms with van der Waals surface area (Å²) >= 11 is 5.89. The lowest BCUT2D eigenvalue weighted by molar-refractivity contribution is -0.142. The first-order valence-electron chi connectivity index (χ1n) is 9.63. The van der Waals surface area contributed by atoms with Gasteiger partial charge in [-0.2, -0.15) is 0 Å². The number of carbonyl (C=O) groups excluding carboxylic acids is 2. The van der Waals surface area contributed by atoms with Crippen LogP contribution < -0.4 is 15.0 Å². The third-order valence-electron chi connectivity index (χ3n) is 5.00. The molecule has 2 aromatic carbocycles. The predicted molar refractivity (Wildman–Crippen MR) is 111 cm³/mol. The molecule has 2 amide bonds. The standard InChI is InChI=1S/C21H21ClFN3O4/c22-14-5-6-15(23)16(11-14)24-20(27)13-26-12-19(21(28)25-7-9-29-10-8-25)30-18-4-2-1-3-17(18)26/h1-6,11,19H,7-10,12-13H2,(H,24,27)/t19-/m1/s1. The molecule has 0 spiro atoms. The quantitative estimate of drug-likeness (QED) is 0.802. The minimum absolute atomic E-state index is 0.00925. The maximum absolute atomic E-state index is 14.0. The summed E-state index contributed by atoms with van der Waals surface area (Å²) in [6.45, 7) is 2.14. The van der Waals surface area contributed by atoms with Crippen molar-refractivity contribution >= 4 is 34.8 Å². The van der Waals surface area contributed by atoms with Crippen molar-refractivity contribution in [2.24, 2.45) is 0 Å². The highest BCUT2D eigenvalue weighted by molar-refractivity contribution is 6.30. The van der Waals surface area contributed by atoms with Crippen molar-refractivity contribution < 1.29 is 23.5 Å². The summed E-state index contributed by atoms with van der Waals surface area (Å²) in [6, 6.07) is 11.2. The van der Waals surface area contributed by atoms with Crippen molar-refractivity contribution in [3.63, 3.8) is 0 Å². The molecule has 0 bridgehead atoms. The van der Waals surface area contributed by atoms with Crippen molar-refractivity contribution in [3.8, 4) is 5.75 Å². The number of morpholine rings is 1.